The molecule has 0 aliphatic rings. The minimum Gasteiger partial charge on any atom is -0.309 e. The van der Waals surface area contributed by atoms with Crippen molar-refractivity contribution in [2.24, 2.45) is 0 Å². The van der Waals surface area contributed by atoms with Crippen LogP contribution >= 0.6 is 0 Å². The van der Waals surface area contributed by atoms with Crippen LogP contribution in [0.15, 0.2) is 237 Å². The van der Waals surface area contributed by atoms with Gasteiger partial charge in [-0.25, -0.2) is 19.8 Å². The average molecular weight is 918 g/mol. The van der Waals surface area contributed by atoms with Gasteiger partial charge in [-0.1, -0.05) is 182 Å². The first kappa shape index (κ1) is 41.9. The summed E-state index contributed by atoms with van der Waals surface area (Å²) in [6, 6.07) is 83.7. The second-order valence-corrected chi connectivity index (χ2v) is 17.8. The number of aromatic nitrogens is 5. The van der Waals surface area contributed by atoms with Crippen molar-refractivity contribution in [2.45, 2.75) is 0 Å². The van der Waals surface area contributed by atoms with E-state index >= 15 is 0 Å². The van der Waals surface area contributed by atoms with Crippen molar-refractivity contribution in [1.29, 1.82) is 5.26 Å². The molecule has 0 saturated heterocycles. The predicted molar refractivity (Wildman–Crippen MR) is 292 cm³/mol. The van der Waals surface area contributed by atoms with E-state index in [9.17, 15) is 5.26 Å². The third-order valence-corrected chi connectivity index (χ3v) is 13.6. The molecule has 0 fully saturated rings. The summed E-state index contributed by atoms with van der Waals surface area (Å²) < 4.78 is 4.73. The number of hydrogen-bond donors (Lipinski definition) is 0. The zero-order valence-electron chi connectivity index (χ0n) is 38.6. The summed E-state index contributed by atoms with van der Waals surface area (Å²) in [5.74, 6) is 1.66. The highest BCUT2D eigenvalue weighted by Crippen LogP contribution is 2.43. The predicted octanol–water partition coefficient (Wildman–Crippen LogP) is 16.5. The van der Waals surface area contributed by atoms with Gasteiger partial charge in [0.1, 0.15) is 0 Å². The fourth-order valence-electron chi connectivity index (χ4n) is 10.2. The molecule has 3 aromatic heterocycles. The SMILES string of the molecule is [C-]#[N+]c1ccc(-c2ccc3c4ccc(-c5ccc(C#N)cc5)cc4n(-c4ccc(-c5cccc6c7ccccc7n(-c7ccccc7)c56)cc4-c4nc(-c5ccccc5)nc(-c5ccccc5)n4)c3c2)cc1. The Morgan fingerprint density at radius 3 is 1.50 bits per heavy atom. The Hall–Kier alpha value is -10.2. The van der Waals surface area contributed by atoms with Crippen LogP contribution in [0.25, 0.3) is 127 Å². The molecule has 72 heavy (non-hydrogen) atoms. The molecule has 7 nitrogen and oxygen atoms in total. The van der Waals surface area contributed by atoms with Gasteiger partial charge in [0.2, 0.25) is 0 Å². The van der Waals surface area contributed by atoms with Crippen molar-refractivity contribution < 1.29 is 0 Å². The molecule has 0 bridgehead atoms. The molecule has 7 heteroatoms. The summed E-state index contributed by atoms with van der Waals surface area (Å²) in [5.41, 5.74) is 16.1. The Morgan fingerprint density at radius 1 is 0.375 bits per heavy atom. The number of nitrogens with zero attached hydrogens (tertiary/aromatic N) is 7. The van der Waals surface area contributed by atoms with Gasteiger partial charge in [0.25, 0.3) is 0 Å². The molecular weight excluding hydrogens is 879 g/mol. The summed E-state index contributed by atoms with van der Waals surface area (Å²) in [6.45, 7) is 7.60. The summed E-state index contributed by atoms with van der Waals surface area (Å²) in [5, 5.41) is 14.2. The molecule has 0 saturated carbocycles. The third-order valence-electron chi connectivity index (χ3n) is 13.6. The second kappa shape index (κ2) is 17.4. The lowest BCUT2D eigenvalue weighted by atomic mass is 9.98. The van der Waals surface area contributed by atoms with Gasteiger partial charge in [-0.2, -0.15) is 5.26 Å². The van der Waals surface area contributed by atoms with Gasteiger partial charge >= 0.3 is 0 Å². The van der Waals surface area contributed by atoms with E-state index in [0.717, 1.165) is 99.7 Å². The third kappa shape index (κ3) is 7.17. The highest BCUT2D eigenvalue weighted by molar-refractivity contribution is 6.15. The Labute approximate surface area is 415 Å². The van der Waals surface area contributed by atoms with E-state index in [2.05, 4.69) is 147 Å². The Kier molecular flexibility index (Phi) is 10.1. The molecule has 13 rings (SSSR count). The topological polar surface area (TPSA) is 76.7 Å². The lowest BCUT2D eigenvalue weighted by molar-refractivity contribution is 1.06. The van der Waals surface area contributed by atoms with Gasteiger partial charge in [-0.3, -0.25) is 0 Å². The number of hydrogen-bond acceptors (Lipinski definition) is 4. The lowest BCUT2D eigenvalue weighted by Crippen LogP contribution is -2.04. The summed E-state index contributed by atoms with van der Waals surface area (Å²) in [7, 11) is 0. The van der Waals surface area contributed by atoms with Gasteiger partial charge in [0.15, 0.2) is 23.2 Å². The molecule has 13 aromatic rings. The highest BCUT2D eigenvalue weighted by atomic mass is 15.1. The van der Waals surface area contributed by atoms with E-state index in [0.29, 0.717) is 28.7 Å². The smallest absolute Gasteiger partial charge is 0.187 e. The van der Waals surface area contributed by atoms with E-state index in [1.54, 1.807) is 0 Å². The van der Waals surface area contributed by atoms with E-state index in [1.807, 2.05) is 109 Å². The molecule has 0 atom stereocenters. The molecule has 0 spiro atoms. The van der Waals surface area contributed by atoms with Crippen LogP contribution in [0, 0.1) is 17.9 Å². The van der Waals surface area contributed by atoms with Crippen LogP contribution in [0.3, 0.4) is 0 Å². The molecule has 10 aromatic carbocycles. The van der Waals surface area contributed by atoms with Gasteiger partial charge in [0.05, 0.1) is 46.0 Å². The molecule has 0 unspecified atom stereocenters. The van der Waals surface area contributed by atoms with Crippen molar-refractivity contribution >= 4 is 49.3 Å². The molecule has 0 aliphatic carbocycles. The molecule has 0 N–H and O–H groups in total. The van der Waals surface area contributed by atoms with Crippen LogP contribution in [-0.4, -0.2) is 24.1 Å². The van der Waals surface area contributed by atoms with Crippen LogP contribution in [-0.2, 0) is 0 Å². The lowest BCUT2D eigenvalue weighted by Gasteiger charge is -2.18. The maximum atomic E-state index is 9.66. The maximum Gasteiger partial charge on any atom is 0.187 e. The monoisotopic (exact) mass is 917 g/mol. The number of rotatable bonds is 8. The number of para-hydroxylation sites is 3. The number of nitriles is 1. The van der Waals surface area contributed by atoms with Crippen LogP contribution in [0.2, 0.25) is 0 Å². The number of benzene rings is 10. The Morgan fingerprint density at radius 2 is 0.889 bits per heavy atom. The number of fused-ring (bicyclic) bond motifs is 6. The molecule has 334 valence electrons. The van der Waals surface area contributed by atoms with Crippen molar-refractivity contribution in [1.82, 2.24) is 24.1 Å². The molecule has 0 radical (unpaired) electrons. The van der Waals surface area contributed by atoms with Gasteiger partial charge < -0.3 is 9.13 Å². The van der Waals surface area contributed by atoms with Gasteiger partial charge in [-0.15, -0.1) is 0 Å². The van der Waals surface area contributed by atoms with Gasteiger partial charge in [-0.05, 0) is 82.4 Å². The molecule has 0 aliphatic heterocycles. The van der Waals surface area contributed by atoms with Crippen molar-refractivity contribution in [3.8, 4) is 85.0 Å². The molecule has 0 amide bonds. The Bertz CT molecular complexity index is 4140. The van der Waals surface area contributed by atoms with Crippen LogP contribution < -0.4 is 0 Å². The first-order chi connectivity index (χ1) is 35.6. The van der Waals surface area contributed by atoms with Crippen LogP contribution in [0.5, 0.6) is 0 Å². The minimum atomic E-state index is 0.527. The highest BCUT2D eigenvalue weighted by Gasteiger charge is 2.23. The maximum absolute atomic E-state index is 9.66. The fraction of sp³-hybridized carbons (Fsp3) is 0. The first-order valence-corrected chi connectivity index (χ1v) is 23.8. The van der Waals surface area contributed by atoms with Gasteiger partial charge in [0, 0.05) is 49.5 Å². The van der Waals surface area contributed by atoms with Crippen molar-refractivity contribution in [3.63, 3.8) is 0 Å². The minimum absolute atomic E-state index is 0.527. The normalized spacial score (nSPS) is 11.3. The van der Waals surface area contributed by atoms with E-state index in [1.165, 1.54) is 5.39 Å². The van der Waals surface area contributed by atoms with Crippen molar-refractivity contribution in [3.05, 3.63) is 254 Å². The van der Waals surface area contributed by atoms with Crippen LogP contribution in [0.1, 0.15) is 5.56 Å². The van der Waals surface area contributed by atoms with Crippen LogP contribution in [0.4, 0.5) is 5.69 Å². The first-order valence-electron chi connectivity index (χ1n) is 23.8. The van der Waals surface area contributed by atoms with E-state index < -0.39 is 0 Å². The van der Waals surface area contributed by atoms with Crippen molar-refractivity contribution in [2.75, 3.05) is 0 Å². The van der Waals surface area contributed by atoms with E-state index in [4.69, 9.17) is 21.5 Å². The average Bonchev–Trinajstić information content (AvgIpc) is 3.98. The quantitative estimate of drug-likeness (QED) is 0.142. The second-order valence-electron chi connectivity index (χ2n) is 17.8. The molecule has 3 heterocycles. The zero-order chi connectivity index (χ0) is 48.1. The standard InChI is InChI=1S/C65H39N7/c1-67-50-33-28-44(29-34-50)48-31-36-55-54-35-30-47(43-26-24-42(41-66)25-27-43)39-60(54)72(61(55)40-48)59-37-32-49(52-21-13-22-56-53-20-11-12-23-58(53)71(62(52)56)51-18-9-4-10-19-51)38-57(59)65-69-63(45-14-5-2-6-15-45)68-64(70-65)46-16-7-3-8-17-46/h2-40H. The largest absolute Gasteiger partial charge is 0.309 e. The summed E-state index contributed by atoms with van der Waals surface area (Å²) in [6.07, 6.45) is 0. The van der Waals surface area contributed by atoms with E-state index in [-0.39, 0.29) is 0 Å². The summed E-state index contributed by atoms with van der Waals surface area (Å²) >= 11 is 0. The zero-order valence-corrected chi connectivity index (χ0v) is 38.6. The summed E-state index contributed by atoms with van der Waals surface area (Å²) in [4.78, 5) is 19.6. The Balaban J connectivity index is 1.14. The molecular formula is C65H39N7. The fourth-order valence-corrected chi connectivity index (χ4v) is 10.2.